The summed E-state index contributed by atoms with van der Waals surface area (Å²) in [6, 6.07) is 3.96. The normalized spacial score (nSPS) is 10.8. The summed E-state index contributed by atoms with van der Waals surface area (Å²) < 4.78 is 6.97. The third kappa shape index (κ3) is 4.59. The zero-order valence-corrected chi connectivity index (χ0v) is 18.0. The van der Waals surface area contributed by atoms with Gasteiger partial charge in [0.25, 0.3) is 0 Å². The van der Waals surface area contributed by atoms with Crippen molar-refractivity contribution in [3.8, 4) is 10.7 Å². The van der Waals surface area contributed by atoms with Crippen molar-refractivity contribution >= 4 is 51.4 Å². The third-order valence-electron chi connectivity index (χ3n) is 3.61. The Hall–Kier alpha value is -2.24. The number of anilines is 1. The topological polar surface area (TPSA) is 99.0 Å². The first-order valence-corrected chi connectivity index (χ1v) is 11.3. The second-order valence-corrected chi connectivity index (χ2v) is 8.41. The summed E-state index contributed by atoms with van der Waals surface area (Å²) in [5.41, 5.74) is 0.540. The van der Waals surface area contributed by atoms with Crippen LogP contribution in [-0.4, -0.2) is 44.0 Å². The molecule has 0 aromatic carbocycles. The van der Waals surface area contributed by atoms with Crippen molar-refractivity contribution in [2.75, 3.05) is 17.7 Å². The molecule has 0 unspecified atom stereocenters. The van der Waals surface area contributed by atoms with E-state index in [0.29, 0.717) is 34.0 Å². The summed E-state index contributed by atoms with van der Waals surface area (Å²) in [6.07, 6.45) is 0. The molecule has 1 amide bonds. The van der Waals surface area contributed by atoms with Crippen LogP contribution in [0.5, 0.6) is 0 Å². The molecule has 3 aromatic rings. The molecule has 0 fully saturated rings. The number of thiophene rings is 1. The van der Waals surface area contributed by atoms with Gasteiger partial charge >= 0.3 is 5.97 Å². The van der Waals surface area contributed by atoms with Gasteiger partial charge in [-0.1, -0.05) is 29.2 Å². The Labute approximate surface area is 174 Å². The molecule has 0 radical (unpaired) electrons. The number of thiazole rings is 1. The van der Waals surface area contributed by atoms with Crippen molar-refractivity contribution in [2.45, 2.75) is 32.5 Å². The van der Waals surface area contributed by atoms with E-state index in [1.54, 1.807) is 25.2 Å². The predicted octanol–water partition coefficient (Wildman–Crippen LogP) is 3.70. The van der Waals surface area contributed by atoms with Gasteiger partial charge in [0.2, 0.25) is 5.91 Å². The van der Waals surface area contributed by atoms with E-state index in [0.717, 1.165) is 22.0 Å². The highest BCUT2D eigenvalue weighted by atomic mass is 32.2. The van der Waals surface area contributed by atoms with E-state index < -0.39 is 5.97 Å². The van der Waals surface area contributed by atoms with E-state index in [-0.39, 0.29) is 11.7 Å². The number of carbonyl (C=O) groups is 2. The number of ether oxygens (including phenoxy) is 1. The van der Waals surface area contributed by atoms with Crippen molar-refractivity contribution in [3.05, 3.63) is 28.1 Å². The fraction of sp³-hybridized carbons (Fsp3) is 0.353. The molecule has 0 saturated carbocycles. The van der Waals surface area contributed by atoms with Crippen LogP contribution < -0.4 is 5.32 Å². The largest absolute Gasteiger partial charge is 0.462 e. The van der Waals surface area contributed by atoms with Gasteiger partial charge in [0.1, 0.15) is 4.88 Å². The van der Waals surface area contributed by atoms with E-state index in [4.69, 9.17) is 4.74 Å². The standard InChI is InChI=1S/C17H19N5O3S3/c1-4-22-14(11-7-6-8-26-11)20-21-17(22)27-9-12(23)19-16-18-10(3)13(28-16)15(24)25-5-2/h6-8H,4-5,9H2,1-3H3,(H,18,19,23). The Morgan fingerprint density at radius 3 is 2.82 bits per heavy atom. The number of aromatic nitrogens is 4. The molecule has 3 heterocycles. The molecule has 28 heavy (non-hydrogen) atoms. The number of nitrogens with zero attached hydrogens (tertiary/aromatic N) is 4. The number of hydrogen-bond acceptors (Lipinski definition) is 9. The first-order chi connectivity index (χ1) is 13.5. The Morgan fingerprint density at radius 1 is 1.32 bits per heavy atom. The van der Waals surface area contributed by atoms with E-state index in [1.165, 1.54) is 11.8 Å². The number of aryl methyl sites for hydroxylation is 1. The Bertz CT molecular complexity index is 965. The van der Waals surface area contributed by atoms with Crippen LogP contribution >= 0.6 is 34.4 Å². The number of hydrogen-bond donors (Lipinski definition) is 1. The van der Waals surface area contributed by atoms with Gasteiger partial charge in [-0.25, -0.2) is 9.78 Å². The predicted molar refractivity (Wildman–Crippen MR) is 111 cm³/mol. The fourth-order valence-electron chi connectivity index (χ4n) is 2.39. The number of rotatable bonds is 8. The number of amides is 1. The highest BCUT2D eigenvalue weighted by Gasteiger charge is 2.19. The zero-order valence-electron chi connectivity index (χ0n) is 15.6. The molecular weight excluding hydrogens is 418 g/mol. The first-order valence-electron chi connectivity index (χ1n) is 8.57. The molecule has 148 valence electrons. The van der Waals surface area contributed by atoms with Crippen molar-refractivity contribution in [1.82, 2.24) is 19.7 Å². The number of thioether (sulfide) groups is 1. The molecule has 0 atom stereocenters. The van der Waals surface area contributed by atoms with Crippen molar-refractivity contribution in [1.29, 1.82) is 0 Å². The maximum absolute atomic E-state index is 12.3. The maximum Gasteiger partial charge on any atom is 0.350 e. The minimum absolute atomic E-state index is 0.163. The SMILES string of the molecule is CCOC(=O)c1sc(NC(=O)CSc2nnc(-c3cccs3)n2CC)nc1C. The molecule has 1 N–H and O–H groups in total. The molecule has 0 aliphatic carbocycles. The van der Waals surface area contributed by atoms with Crippen molar-refractivity contribution in [3.63, 3.8) is 0 Å². The summed E-state index contributed by atoms with van der Waals surface area (Å²) in [7, 11) is 0. The summed E-state index contributed by atoms with van der Waals surface area (Å²) >= 11 is 4.02. The van der Waals surface area contributed by atoms with Crippen LogP contribution in [0, 0.1) is 6.92 Å². The average molecular weight is 438 g/mol. The van der Waals surface area contributed by atoms with Gasteiger partial charge in [-0.3, -0.25) is 4.79 Å². The Kier molecular flexibility index (Phi) is 6.81. The number of esters is 1. The van der Waals surface area contributed by atoms with Crippen LogP contribution in [-0.2, 0) is 16.1 Å². The average Bonchev–Trinajstić information content (AvgIpc) is 3.39. The third-order valence-corrected chi connectivity index (χ3v) is 6.50. The molecule has 8 nitrogen and oxygen atoms in total. The smallest absolute Gasteiger partial charge is 0.350 e. The second-order valence-electron chi connectivity index (χ2n) is 5.52. The van der Waals surface area contributed by atoms with E-state index >= 15 is 0 Å². The number of carbonyl (C=O) groups excluding carboxylic acids is 2. The molecule has 0 bridgehead atoms. The molecule has 3 aromatic heterocycles. The van der Waals surface area contributed by atoms with Crippen molar-refractivity contribution < 1.29 is 14.3 Å². The van der Waals surface area contributed by atoms with Gasteiger partial charge in [-0.15, -0.1) is 21.5 Å². The van der Waals surface area contributed by atoms with Crippen molar-refractivity contribution in [2.24, 2.45) is 0 Å². The molecule has 0 aliphatic heterocycles. The Morgan fingerprint density at radius 2 is 2.14 bits per heavy atom. The highest BCUT2D eigenvalue weighted by Crippen LogP contribution is 2.28. The van der Waals surface area contributed by atoms with E-state index in [2.05, 4.69) is 20.5 Å². The van der Waals surface area contributed by atoms with Crippen LogP contribution in [0.1, 0.15) is 29.2 Å². The van der Waals surface area contributed by atoms with Crippen LogP contribution in [0.3, 0.4) is 0 Å². The lowest BCUT2D eigenvalue weighted by Gasteiger charge is -2.06. The number of nitrogens with one attached hydrogen (secondary N) is 1. The molecule has 0 saturated heterocycles. The van der Waals surface area contributed by atoms with Crippen LogP contribution in [0.25, 0.3) is 10.7 Å². The molecule has 0 spiro atoms. The summed E-state index contributed by atoms with van der Waals surface area (Å²) in [5.74, 6) is 0.313. The maximum atomic E-state index is 12.3. The van der Waals surface area contributed by atoms with Crippen LogP contribution in [0.2, 0.25) is 0 Å². The Balaban J connectivity index is 1.62. The lowest BCUT2D eigenvalue weighted by molar-refractivity contribution is -0.113. The second kappa shape index (κ2) is 9.30. The lowest BCUT2D eigenvalue weighted by atomic mass is 10.4. The first kappa shape index (κ1) is 20.5. The van der Waals surface area contributed by atoms with Gasteiger partial charge in [0.05, 0.1) is 22.9 Å². The highest BCUT2D eigenvalue weighted by molar-refractivity contribution is 7.99. The van der Waals surface area contributed by atoms with Gasteiger partial charge in [0.15, 0.2) is 16.1 Å². The molecular formula is C17H19N5O3S3. The zero-order chi connectivity index (χ0) is 20.1. The summed E-state index contributed by atoms with van der Waals surface area (Å²) in [5, 5.41) is 14.2. The van der Waals surface area contributed by atoms with Gasteiger partial charge in [-0.2, -0.15) is 0 Å². The lowest BCUT2D eigenvalue weighted by Crippen LogP contribution is -2.14. The van der Waals surface area contributed by atoms with Crippen LogP contribution in [0.15, 0.2) is 22.7 Å². The fourth-order valence-corrected chi connectivity index (χ4v) is 4.79. The van der Waals surface area contributed by atoms with Gasteiger partial charge in [-0.05, 0) is 32.2 Å². The minimum Gasteiger partial charge on any atom is -0.462 e. The van der Waals surface area contributed by atoms with E-state index in [1.807, 2.05) is 29.0 Å². The minimum atomic E-state index is -0.426. The van der Waals surface area contributed by atoms with Gasteiger partial charge < -0.3 is 14.6 Å². The summed E-state index contributed by atoms with van der Waals surface area (Å²) in [6.45, 7) is 6.47. The molecule has 0 aliphatic rings. The van der Waals surface area contributed by atoms with E-state index in [9.17, 15) is 9.59 Å². The molecule has 3 rings (SSSR count). The quantitative estimate of drug-likeness (QED) is 0.424. The monoisotopic (exact) mass is 437 g/mol. The van der Waals surface area contributed by atoms with Gasteiger partial charge in [0, 0.05) is 6.54 Å². The molecule has 11 heteroatoms. The van der Waals surface area contributed by atoms with Crippen LogP contribution in [0.4, 0.5) is 5.13 Å². The summed E-state index contributed by atoms with van der Waals surface area (Å²) in [4.78, 5) is 29.8.